The number of halogens is 1. The third-order valence-corrected chi connectivity index (χ3v) is 2.48. The maximum atomic E-state index is 10.7. The number of carbonyl (C=O) groups is 1. The highest BCUT2D eigenvalue weighted by Crippen LogP contribution is 2.17. The highest BCUT2D eigenvalue weighted by molar-refractivity contribution is 9.10. The van der Waals surface area contributed by atoms with Gasteiger partial charge in [-0.3, -0.25) is 0 Å². The van der Waals surface area contributed by atoms with E-state index in [9.17, 15) is 4.79 Å². The second-order valence-electron chi connectivity index (χ2n) is 3.46. The number of hydrogen-bond acceptors (Lipinski definition) is 2. The lowest BCUT2D eigenvalue weighted by molar-refractivity contribution is -0.117. The van der Waals surface area contributed by atoms with Gasteiger partial charge in [0.2, 0.25) is 0 Å². The molecule has 0 aliphatic heterocycles. The van der Waals surface area contributed by atoms with E-state index in [1.165, 1.54) is 0 Å². The van der Waals surface area contributed by atoms with Crippen molar-refractivity contribution in [2.45, 2.75) is 26.2 Å². The van der Waals surface area contributed by atoms with Crippen molar-refractivity contribution >= 4 is 21.7 Å². The van der Waals surface area contributed by atoms with Gasteiger partial charge < -0.3 is 9.53 Å². The standard InChI is InChI=1S/C12H15BrO2/c1-10(14)5-2-3-8-15-12-7-4-6-11(13)9-12/h4,6-7,9H,2-3,5,8H2,1H3. The van der Waals surface area contributed by atoms with E-state index in [0.29, 0.717) is 13.0 Å². The monoisotopic (exact) mass is 270 g/mol. The van der Waals surface area contributed by atoms with Gasteiger partial charge in [-0.05, 0) is 38.0 Å². The van der Waals surface area contributed by atoms with Crippen LogP contribution in [-0.2, 0) is 4.79 Å². The smallest absolute Gasteiger partial charge is 0.129 e. The fourth-order valence-electron chi connectivity index (χ4n) is 1.22. The molecule has 0 heterocycles. The number of rotatable bonds is 6. The lowest BCUT2D eigenvalue weighted by atomic mass is 10.2. The molecular formula is C12H15BrO2. The fraction of sp³-hybridized carbons (Fsp3) is 0.417. The summed E-state index contributed by atoms with van der Waals surface area (Å²) in [6.07, 6.45) is 2.48. The summed E-state index contributed by atoms with van der Waals surface area (Å²) in [6.45, 7) is 2.29. The Morgan fingerprint density at radius 2 is 2.20 bits per heavy atom. The normalized spacial score (nSPS) is 10.0. The molecule has 2 nitrogen and oxygen atoms in total. The average Bonchev–Trinajstić information content (AvgIpc) is 2.17. The van der Waals surface area contributed by atoms with Crippen LogP contribution in [0.2, 0.25) is 0 Å². The molecule has 0 bridgehead atoms. The molecule has 0 aliphatic carbocycles. The van der Waals surface area contributed by atoms with E-state index in [4.69, 9.17) is 4.74 Å². The molecule has 82 valence electrons. The summed E-state index contributed by atoms with van der Waals surface area (Å²) in [5.41, 5.74) is 0. The van der Waals surface area contributed by atoms with Crippen molar-refractivity contribution in [1.82, 2.24) is 0 Å². The molecule has 0 fully saturated rings. The number of unbranched alkanes of at least 4 members (excludes halogenated alkanes) is 1. The molecule has 0 saturated carbocycles. The number of ether oxygens (including phenoxy) is 1. The lowest BCUT2D eigenvalue weighted by Crippen LogP contribution is -1.98. The van der Waals surface area contributed by atoms with E-state index < -0.39 is 0 Å². The molecule has 0 saturated heterocycles. The van der Waals surface area contributed by atoms with E-state index in [2.05, 4.69) is 15.9 Å². The number of ketones is 1. The summed E-state index contributed by atoms with van der Waals surface area (Å²) in [7, 11) is 0. The van der Waals surface area contributed by atoms with E-state index in [0.717, 1.165) is 23.1 Å². The van der Waals surface area contributed by atoms with Crippen LogP contribution in [0, 0.1) is 0 Å². The molecule has 0 N–H and O–H groups in total. The number of Topliss-reactive ketones (excluding diaryl/α,β-unsaturated/α-hetero) is 1. The van der Waals surface area contributed by atoms with Crippen molar-refractivity contribution in [2.24, 2.45) is 0 Å². The molecule has 3 heteroatoms. The first kappa shape index (κ1) is 12.2. The van der Waals surface area contributed by atoms with Gasteiger partial charge in [0.25, 0.3) is 0 Å². The van der Waals surface area contributed by atoms with Crippen LogP contribution in [0.25, 0.3) is 0 Å². The second-order valence-corrected chi connectivity index (χ2v) is 4.38. The van der Waals surface area contributed by atoms with E-state index in [1.807, 2.05) is 24.3 Å². The van der Waals surface area contributed by atoms with Crippen LogP contribution >= 0.6 is 15.9 Å². The van der Waals surface area contributed by atoms with Gasteiger partial charge in [-0.2, -0.15) is 0 Å². The van der Waals surface area contributed by atoms with Crippen LogP contribution < -0.4 is 4.74 Å². The average molecular weight is 271 g/mol. The summed E-state index contributed by atoms with van der Waals surface area (Å²) in [5.74, 6) is 1.12. The zero-order valence-corrected chi connectivity index (χ0v) is 10.4. The summed E-state index contributed by atoms with van der Waals surface area (Å²) < 4.78 is 6.54. The van der Waals surface area contributed by atoms with E-state index in [-0.39, 0.29) is 5.78 Å². The van der Waals surface area contributed by atoms with Crippen LogP contribution in [0.1, 0.15) is 26.2 Å². The van der Waals surface area contributed by atoms with Crippen LogP contribution in [0.15, 0.2) is 28.7 Å². The fourth-order valence-corrected chi connectivity index (χ4v) is 1.60. The van der Waals surface area contributed by atoms with Gasteiger partial charge in [-0.25, -0.2) is 0 Å². The Bertz CT molecular complexity index is 323. The van der Waals surface area contributed by atoms with Crippen LogP contribution in [-0.4, -0.2) is 12.4 Å². The van der Waals surface area contributed by atoms with Crippen molar-refractivity contribution < 1.29 is 9.53 Å². The Balaban J connectivity index is 2.17. The molecule has 15 heavy (non-hydrogen) atoms. The molecule has 1 rings (SSSR count). The van der Waals surface area contributed by atoms with Crippen molar-refractivity contribution in [3.8, 4) is 5.75 Å². The first-order valence-corrected chi connectivity index (χ1v) is 5.85. The van der Waals surface area contributed by atoms with Crippen molar-refractivity contribution in [3.05, 3.63) is 28.7 Å². The van der Waals surface area contributed by atoms with Gasteiger partial charge in [-0.15, -0.1) is 0 Å². The number of carbonyl (C=O) groups excluding carboxylic acids is 1. The Labute approximate surface area is 98.8 Å². The largest absolute Gasteiger partial charge is 0.494 e. The van der Waals surface area contributed by atoms with E-state index in [1.54, 1.807) is 6.92 Å². The minimum atomic E-state index is 0.248. The van der Waals surface area contributed by atoms with Gasteiger partial charge in [0.1, 0.15) is 11.5 Å². The Kier molecular flexibility index (Phi) is 5.40. The van der Waals surface area contributed by atoms with Crippen molar-refractivity contribution in [3.63, 3.8) is 0 Å². The first-order chi connectivity index (χ1) is 7.18. The Hall–Kier alpha value is -0.830. The van der Waals surface area contributed by atoms with Crippen LogP contribution in [0.3, 0.4) is 0 Å². The maximum Gasteiger partial charge on any atom is 0.129 e. The molecule has 0 amide bonds. The lowest BCUT2D eigenvalue weighted by Gasteiger charge is -2.05. The summed E-state index contributed by atoms with van der Waals surface area (Å²) in [5, 5.41) is 0. The Morgan fingerprint density at radius 1 is 1.40 bits per heavy atom. The third-order valence-electron chi connectivity index (χ3n) is 1.99. The molecular weight excluding hydrogens is 256 g/mol. The van der Waals surface area contributed by atoms with Crippen molar-refractivity contribution in [2.75, 3.05) is 6.61 Å². The van der Waals surface area contributed by atoms with Gasteiger partial charge >= 0.3 is 0 Å². The number of hydrogen-bond donors (Lipinski definition) is 0. The number of benzene rings is 1. The molecule has 1 aromatic rings. The molecule has 0 radical (unpaired) electrons. The van der Waals surface area contributed by atoms with Gasteiger partial charge in [-0.1, -0.05) is 22.0 Å². The second kappa shape index (κ2) is 6.62. The predicted octanol–water partition coefficient (Wildman–Crippen LogP) is 3.59. The maximum absolute atomic E-state index is 10.7. The summed E-state index contributed by atoms with van der Waals surface area (Å²) >= 11 is 3.38. The molecule has 0 atom stereocenters. The minimum Gasteiger partial charge on any atom is -0.494 e. The predicted molar refractivity (Wildman–Crippen MR) is 64.2 cm³/mol. The van der Waals surface area contributed by atoms with Crippen molar-refractivity contribution in [1.29, 1.82) is 0 Å². The summed E-state index contributed by atoms with van der Waals surface area (Å²) in [6, 6.07) is 7.76. The molecule has 0 spiro atoms. The highest BCUT2D eigenvalue weighted by Gasteiger charge is 1.96. The topological polar surface area (TPSA) is 26.3 Å². The zero-order chi connectivity index (χ0) is 11.1. The van der Waals surface area contributed by atoms with Gasteiger partial charge in [0.05, 0.1) is 6.61 Å². The van der Waals surface area contributed by atoms with Crippen LogP contribution in [0.4, 0.5) is 0 Å². The highest BCUT2D eigenvalue weighted by atomic mass is 79.9. The molecule has 1 aromatic carbocycles. The van der Waals surface area contributed by atoms with E-state index >= 15 is 0 Å². The zero-order valence-electron chi connectivity index (χ0n) is 8.83. The quantitative estimate of drug-likeness (QED) is 0.739. The SMILES string of the molecule is CC(=O)CCCCOc1cccc(Br)c1. The van der Waals surface area contributed by atoms with Gasteiger partial charge in [0, 0.05) is 10.9 Å². The first-order valence-electron chi connectivity index (χ1n) is 5.06. The molecule has 0 aromatic heterocycles. The summed E-state index contributed by atoms with van der Waals surface area (Å²) in [4.78, 5) is 10.7. The minimum absolute atomic E-state index is 0.248. The Morgan fingerprint density at radius 3 is 2.87 bits per heavy atom. The van der Waals surface area contributed by atoms with Crippen LogP contribution in [0.5, 0.6) is 5.75 Å². The molecule has 0 aliphatic rings. The molecule has 0 unspecified atom stereocenters. The van der Waals surface area contributed by atoms with Gasteiger partial charge in [0.15, 0.2) is 0 Å². The third kappa shape index (κ3) is 5.57.